The van der Waals surface area contributed by atoms with Crippen LogP contribution in [0.2, 0.25) is 0 Å². The fraction of sp³-hybridized carbons (Fsp3) is 0.438. The third-order valence-corrected chi connectivity index (χ3v) is 3.44. The summed E-state index contributed by atoms with van der Waals surface area (Å²) in [5.41, 5.74) is -0.834. The molecule has 2 N–H and O–H groups in total. The maximum absolute atomic E-state index is 12.4. The molecule has 120 valence electrons. The third-order valence-electron chi connectivity index (χ3n) is 3.44. The highest BCUT2D eigenvalue weighted by atomic mass is 16.5. The summed E-state index contributed by atoms with van der Waals surface area (Å²) >= 11 is 0. The van der Waals surface area contributed by atoms with Crippen molar-refractivity contribution >= 4 is 17.9 Å². The maximum atomic E-state index is 12.4. The lowest BCUT2D eigenvalue weighted by atomic mass is 9.73. The maximum Gasteiger partial charge on any atom is 0.317 e. The second-order valence-electron chi connectivity index (χ2n) is 4.99. The summed E-state index contributed by atoms with van der Waals surface area (Å²) in [6.45, 7) is 1.78. The molecule has 6 nitrogen and oxygen atoms in total. The van der Waals surface area contributed by atoms with Crippen LogP contribution >= 0.6 is 0 Å². The van der Waals surface area contributed by atoms with Crippen molar-refractivity contribution in [1.82, 2.24) is 0 Å². The lowest BCUT2D eigenvalue weighted by Gasteiger charge is -2.30. The predicted molar refractivity (Wildman–Crippen MR) is 78.5 cm³/mol. The highest BCUT2D eigenvalue weighted by Crippen LogP contribution is 2.35. The first kappa shape index (κ1) is 17.7. The van der Waals surface area contributed by atoms with Gasteiger partial charge in [0.15, 0.2) is 0 Å². The lowest BCUT2D eigenvalue weighted by Crippen LogP contribution is -2.40. The van der Waals surface area contributed by atoms with Crippen molar-refractivity contribution in [3.63, 3.8) is 0 Å². The quantitative estimate of drug-likeness (QED) is 0.678. The van der Waals surface area contributed by atoms with Gasteiger partial charge in [0.2, 0.25) is 0 Å². The van der Waals surface area contributed by atoms with Crippen LogP contribution in [-0.4, -0.2) is 34.7 Å². The van der Waals surface area contributed by atoms with Gasteiger partial charge in [0.25, 0.3) is 0 Å². The Labute approximate surface area is 128 Å². The Bertz CT molecular complexity index is 525. The average Bonchev–Trinajstić information content (AvgIpc) is 2.46. The summed E-state index contributed by atoms with van der Waals surface area (Å²) in [5.74, 6) is -2.75. The zero-order valence-electron chi connectivity index (χ0n) is 12.4. The third kappa shape index (κ3) is 4.58. The first-order valence-electron chi connectivity index (χ1n) is 7.08. The molecule has 0 aromatic heterocycles. The Morgan fingerprint density at radius 1 is 1.09 bits per heavy atom. The number of ether oxygens (including phenoxy) is 1. The van der Waals surface area contributed by atoms with Gasteiger partial charge in [-0.3, -0.25) is 14.4 Å². The molecule has 0 saturated heterocycles. The van der Waals surface area contributed by atoms with Crippen LogP contribution in [0.4, 0.5) is 0 Å². The summed E-state index contributed by atoms with van der Waals surface area (Å²) in [7, 11) is 0. The Balaban J connectivity index is 3.19. The van der Waals surface area contributed by atoms with E-state index in [0.717, 1.165) is 0 Å². The highest BCUT2D eigenvalue weighted by molar-refractivity contribution is 5.88. The van der Waals surface area contributed by atoms with Gasteiger partial charge in [0, 0.05) is 6.42 Å². The fourth-order valence-electron chi connectivity index (χ4n) is 2.45. The molecule has 0 fully saturated rings. The van der Waals surface area contributed by atoms with Gasteiger partial charge in [-0.2, -0.15) is 0 Å². The van der Waals surface area contributed by atoms with Crippen LogP contribution in [0.25, 0.3) is 0 Å². The molecule has 1 unspecified atom stereocenters. The molecule has 0 saturated carbocycles. The zero-order valence-corrected chi connectivity index (χ0v) is 12.4. The Kier molecular flexibility index (Phi) is 6.56. The first-order valence-corrected chi connectivity index (χ1v) is 7.08. The summed E-state index contributed by atoms with van der Waals surface area (Å²) in [4.78, 5) is 34.4. The van der Waals surface area contributed by atoms with Gasteiger partial charge < -0.3 is 14.9 Å². The minimum atomic E-state index is -1.36. The Morgan fingerprint density at radius 3 is 2.23 bits per heavy atom. The molecule has 1 aromatic carbocycles. The van der Waals surface area contributed by atoms with E-state index in [-0.39, 0.29) is 25.9 Å². The van der Waals surface area contributed by atoms with Crippen LogP contribution in [0.5, 0.6) is 0 Å². The second kappa shape index (κ2) is 8.17. The molecule has 0 amide bonds. The number of carboxylic acid groups (broad SMARTS) is 2. The highest BCUT2D eigenvalue weighted by Gasteiger charge is 2.43. The van der Waals surface area contributed by atoms with E-state index < -0.39 is 29.7 Å². The van der Waals surface area contributed by atoms with Gasteiger partial charge in [-0.1, -0.05) is 30.3 Å². The van der Waals surface area contributed by atoms with Crippen molar-refractivity contribution in [3.8, 4) is 0 Å². The van der Waals surface area contributed by atoms with Gasteiger partial charge in [-0.15, -0.1) is 0 Å². The molecule has 22 heavy (non-hydrogen) atoms. The number of hydrogen-bond acceptors (Lipinski definition) is 4. The molecule has 0 radical (unpaired) electrons. The number of carbonyl (C=O) groups is 3. The number of rotatable bonds is 9. The van der Waals surface area contributed by atoms with Crippen LogP contribution < -0.4 is 0 Å². The van der Waals surface area contributed by atoms with E-state index in [1.54, 1.807) is 37.3 Å². The number of carboxylic acids is 2. The summed E-state index contributed by atoms with van der Waals surface area (Å²) in [6, 6.07) is 8.52. The Morgan fingerprint density at radius 2 is 1.73 bits per heavy atom. The van der Waals surface area contributed by atoms with Crippen molar-refractivity contribution in [2.45, 2.75) is 38.0 Å². The first-order chi connectivity index (χ1) is 10.4. The molecule has 0 aliphatic heterocycles. The van der Waals surface area contributed by atoms with Crippen LogP contribution in [-0.2, 0) is 24.5 Å². The van der Waals surface area contributed by atoms with Crippen molar-refractivity contribution in [2.24, 2.45) is 0 Å². The molecule has 1 rings (SSSR count). The van der Waals surface area contributed by atoms with Gasteiger partial charge in [-0.05, 0) is 25.3 Å². The smallest absolute Gasteiger partial charge is 0.317 e. The van der Waals surface area contributed by atoms with E-state index in [9.17, 15) is 19.5 Å². The van der Waals surface area contributed by atoms with Crippen LogP contribution in [0.15, 0.2) is 30.3 Å². The monoisotopic (exact) mass is 308 g/mol. The zero-order chi connectivity index (χ0) is 16.6. The SMILES string of the molecule is CCOC(=O)C(CCCC(=O)O)(CC(=O)O)c1ccccc1. The minimum Gasteiger partial charge on any atom is -0.481 e. The van der Waals surface area contributed by atoms with Crippen molar-refractivity contribution in [2.75, 3.05) is 6.61 Å². The summed E-state index contributed by atoms with van der Waals surface area (Å²) in [6.07, 6.45) is -0.270. The second-order valence-corrected chi connectivity index (χ2v) is 4.99. The normalized spacial score (nSPS) is 13.1. The number of aliphatic carboxylic acids is 2. The minimum absolute atomic E-state index is 0.106. The van der Waals surface area contributed by atoms with E-state index in [1.807, 2.05) is 0 Å². The fourth-order valence-corrected chi connectivity index (χ4v) is 2.45. The number of benzene rings is 1. The molecule has 6 heteroatoms. The average molecular weight is 308 g/mol. The van der Waals surface area contributed by atoms with Crippen LogP contribution in [0, 0.1) is 0 Å². The molecule has 0 aliphatic carbocycles. The Hall–Kier alpha value is -2.37. The van der Waals surface area contributed by atoms with Gasteiger partial charge in [0.1, 0.15) is 5.41 Å². The van der Waals surface area contributed by atoms with Crippen molar-refractivity contribution in [1.29, 1.82) is 0 Å². The summed E-state index contributed by atoms with van der Waals surface area (Å²) < 4.78 is 5.07. The van der Waals surface area contributed by atoms with Gasteiger partial charge in [-0.25, -0.2) is 0 Å². The topological polar surface area (TPSA) is 101 Å². The molecule has 0 aliphatic rings. The molecule has 1 aromatic rings. The van der Waals surface area contributed by atoms with Crippen molar-refractivity contribution < 1.29 is 29.3 Å². The molecular weight excluding hydrogens is 288 g/mol. The van der Waals surface area contributed by atoms with E-state index in [4.69, 9.17) is 9.84 Å². The van der Waals surface area contributed by atoms with Crippen LogP contribution in [0.1, 0.15) is 38.2 Å². The molecule has 0 heterocycles. The largest absolute Gasteiger partial charge is 0.481 e. The molecule has 0 bridgehead atoms. The van der Waals surface area contributed by atoms with E-state index in [0.29, 0.717) is 5.56 Å². The van der Waals surface area contributed by atoms with Crippen molar-refractivity contribution in [3.05, 3.63) is 35.9 Å². The number of carbonyl (C=O) groups excluding carboxylic acids is 1. The molecule has 0 spiro atoms. The van der Waals surface area contributed by atoms with Crippen LogP contribution in [0.3, 0.4) is 0 Å². The number of hydrogen-bond donors (Lipinski definition) is 2. The standard InChI is InChI=1S/C16H20O6/c1-2-22-15(21)16(11-14(19)20,10-6-9-13(17)18)12-7-4-3-5-8-12/h3-5,7-8H,2,6,9-11H2,1H3,(H,17,18)(H,19,20). The van der Waals surface area contributed by atoms with E-state index in [2.05, 4.69) is 0 Å². The lowest BCUT2D eigenvalue weighted by molar-refractivity contribution is -0.155. The van der Waals surface area contributed by atoms with E-state index in [1.165, 1.54) is 0 Å². The predicted octanol–water partition coefficient (Wildman–Crippen LogP) is 2.22. The van der Waals surface area contributed by atoms with Gasteiger partial charge >= 0.3 is 17.9 Å². The van der Waals surface area contributed by atoms with Gasteiger partial charge in [0.05, 0.1) is 13.0 Å². The summed E-state index contributed by atoms with van der Waals surface area (Å²) in [5, 5.41) is 18.0. The molecule has 1 atom stereocenters. The van der Waals surface area contributed by atoms with E-state index >= 15 is 0 Å². The molecular formula is C16H20O6. The number of esters is 1.